The van der Waals surface area contributed by atoms with Crippen LogP contribution in [0, 0.1) is 13.8 Å². The van der Waals surface area contributed by atoms with Crippen LogP contribution in [0.1, 0.15) is 27.0 Å². The number of nitrogens with zero attached hydrogens (tertiary/aromatic N) is 2. The molecule has 3 aromatic rings. The lowest BCUT2D eigenvalue weighted by Crippen LogP contribution is -2.14. The Balaban J connectivity index is 1.77. The number of rotatable bonds is 4. The Morgan fingerprint density at radius 1 is 1.13 bits per heavy atom. The summed E-state index contributed by atoms with van der Waals surface area (Å²) in [5, 5.41) is 7.18. The van der Waals surface area contributed by atoms with Crippen LogP contribution >= 0.6 is 0 Å². The van der Waals surface area contributed by atoms with Crippen molar-refractivity contribution in [3.63, 3.8) is 0 Å². The van der Waals surface area contributed by atoms with Gasteiger partial charge in [-0.1, -0.05) is 24.3 Å². The van der Waals surface area contributed by atoms with E-state index in [4.69, 9.17) is 0 Å². The molecule has 4 heteroatoms. The second-order valence-electron chi connectivity index (χ2n) is 5.61. The van der Waals surface area contributed by atoms with Gasteiger partial charge in [-0.2, -0.15) is 5.10 Å². The molecule has 0 aliphatic rings. The Labute approximate surface area is 135 Å². The number of nitrogens with one attached hydrogen (secondary N) is 1. The molecule has 0 radical (unpaired) electrons. The second kappa shape index (κ2) is 6.48. The molecule has 0 unspecified atom stereocenters. The third kappa shape index (κ3) is 3.48. The van der Waals surface area contributed by atoms with Crippen molar-refractivity contribution < 1.29 is 4.79 Å². The van der Waals surface area contributed by atoms with E-state index in [0.717, 1.165) is 22.4 Å². The number of hydrogen-bond donors (Lipinski definition) is 1. The van der Waals surface area contributed by atoms with Crippen molar-refractivity contribution in [2.45, 2.75) is 20.4 Å². The van der Waals surface area contributed by atoms with Crippen LogP contribution in [0.4, 0.5) is 5.69 Å². The molecule has 1 N–H and O–H groups in total. The average molecular weight is 305 g/mol. The molecule has 23 heavy (non-hydrogen) atoms. The van der Waals surface area contributed by atoms with Crippen molar-refractivity contribution in [2.24, 2.45) is 0 Å². The Kier molecular flexibility index (Phi) is 4.24. The highest BCUT2D eigenvalue weighted by Gasteiger charge is 2.10. The highest BCUT2D eigenvalue weighted by Crippen LogP contribution is 2.17. The molecule has 0 atom stereocenters. The number of benzene rings is 2. The highest BCUT2D eigenvalue weighted by atomic mass is 16.1. The van der Waals surface area contributed by atoms with E-state index in [1.165, 1.54) is 0 Å². The van der Waals surface area contributed by atoms with Crippen LogP contribution in [0.15, 0.2) is 60.9 Å². The summed E-state index contributed by atoms with van der Waals surface area (Å²) in [6.07, 6.45) is 3.67. The lowest BCUT2D eigenvalue weighted by Gasteiger charge is -2.10. The molecular weight excluding hydrogens is 286 g/mol. The molecule has 1 amide bonds. The molecule has 0 spiro atoms. The number of carbonyl (C=O) groups excluding carboxylic acids is 1. The van der Waals surface area contributed by atoms with Gasteiger partial charge in [-0.05, 0) is 54.8 Å². The number of carbonyl (C=O) groups is 1. The molecule has 0 aliphatic heterocycles. The minimum atomic E-state index is -0.0811. The van der Waals surface area contributed by atoms with Crippen molar-refractivity contribution in [3.8, 4) is 0 Å². The van der Waals surface area contributed by atoms with Crippen LogP contribution in [0.25, 0.3) is 0 Å². The largest absolute Gasteiger partial charge is 0.322 e. The molecule has 0 saturated carbocycles. The summed E-state index contributed by atoms with van der Waals surface area (Å²) in [7, 11) is 0. The Morgan fingerprint density at radius 2 is 1.96 bits per heavy atom. The third-order valence-corrected chi connectivity index (χ3v) is 3.94. The van der Waals surface area contributed by atoms with Gasteiger partial charge in [-0.25, -0.2) is 0 Å². The zero-order chi connectivity index (χ0) is 16.2. The highest BCUT2D eigenvalue weighted by molar-refractivity contribution is 6.05. The van der Waals surface area contributed by atoms with Gasteiger partial charge in [-0.15, -0.1) is 0 Å². The summed E-state index contributed by atoms with van der Waals surface area (Å²) >= 11 is 0. The van der Waals surface area contributed by atoms with Crippen molar-refractivity contribution >= 4 is 11.6 Å². The third-order valence-electron chi connectivity index (χ3n) is 3.94. The van der Waals surface area contributed by atoms with Gasteiger partial charge in [0.05, 0.1) is 6.54 Å². The molecule has 116 valence electrons. The molecule has 0 saturated heterocycles. The smallest absolute Gasteiger partial charge is 0.255 e. The van der Waals surface area contributed by atoms with Gasteiger partial charge < -0.3 is 5.32 Å². The first-order chi connectivity index (χ1) is 11.1. The van der Waals surface area contributed by atoms with Gasteiger partial charge in [0.1, 0.15) is 0 Å². The van der Waals surface area contributed by atoms with Crippen molar-refractivity contribution in [2.75, 3.05) is 5.32 Å². The van der Waals surface area contributed by atoms with Gasteiger partial charge in [0, 0.05) is 23.6 Å². The van der Waals surface area contributed by atoms with Crippen LogP contribution in [-0.2, 0) is 6.54 Å². The van der Waals surface area contributed by atoms with Crippen LogP contribution in [0.3, 0.4) is 0 Å². The number of hydrogen-bond acceptors (Lipinski definition) is 2. The van der Waals surface area contributed by atoms with E-state index in [9.17, 15) is 4.79 Å². The zero-order valence-electron chi connectivity index (χ0n) is 13.3. The lowest BCUT2D eigenvalue weighted by molar-refractivity contribution is 0.102. The van der Waals surface area contributed by atoms with Crippen LogP contribution in [-0.4, -0.2) is 15.7 Å². The number of anilines is 1. The van der Waals surface area contributed by atoms with E-state index in [-0.39, 0.29) is 5.91 Å². The van der Waals surface area contributed by atoms with Gasteiger partial charge in [0.25, 0.3) is 5.91 Å². The fraction of sp³-hybridized carbons (Fsp3) is 0.158. The fourth-order valence-electron chi connectivity index (χ4n) is 2.52. The minimum Gasteiger partial charge on any atom is -0.322 e. The van der Waals surface area contributed by atoms with Gasteiger partial charge in [0.15, 0.2) is 0 Å². The van der Waals surface area contributed by atoms with Gasteiger partial charge in [0.2, 0.25) is 0 Å². The maximum absolute atomic E-state index is 12.5. The molecule has 1 heterocycles. The van der Waals surface area contributed by atoms with E-state index >= 15 is 0 Å². The Morgan fingerprint density at radius 3 is 2.74 bits per heavy atom. The lowest BCUT2D eigenvalue weighted by atomic mass is 10.0. The second-order valence-corrected chi connectivity index (χ2v) is 5.61. The van der Waals surface area contributed by atoms with E-state index in [0.29, 0.717) is 12.1 Å². The molecule has 0 fully saturated rings. The first kappa shape index (κ1) is 15.0. The summed E-state index contributed by atoms with van der Waals surface area (Å²) in [6.45, 7) is 4.66. The molecule has 4 nitrogen and oxygen atoms in total. The number of aromatic nitrogens is 2. The summed E-state index contributed by atoms with van der Waals surface area (Å²) < 4.78 is 1.85. The molecule has 2 aromatic carbocycles. The van der Waals surface area contributed by atoms with E-state index in [1.807, 2.05) is 73.3 Å². The quantitative estimate of drug-likeness (QED) is 0.797. The fourth-order valence-corrected chi connectivity index (χ4v) is 2.52. The Hall–Kier alpha value is -2.88. The predicted molar refractivity (Wildman–Crippen MR) is 91.6 cm³/mol. The van der Waals surface area contributed by atoms with Crippen molar-refractivity contribution in [1.29, 1.82) is 0 Å². The topological polar surface area (TPSA) is 46.9 Å². The summed E-state index contributed by atoms with van der Waals surface area (Å²) in [6, 6.07) is 15.5. The summed E-state index contributed by atoms with van der Waals surface area (Å²) in [4.78, 5) is 12.5. The van der Waals surface area contributed by atoms with Crippen LogP contribution in [0.5, 0.6) is 0 Å². The first-order valence-electron chi connectivity index (χ1n) is 7.57. The molecule has 0 bridgehead atoms. The van der Waals surface area contributed by atoms with Gasteiger partial charge >= 0.3 is 0 Å². The van der Waals surface area contributed by atoms with E-state index in [2.05, 4.69) is 10.4 Å². The van der Waals surface area contributed by atoms with Crippen LogP contribution in [0.2, 0.25) is 0 Å². The normalized spacial score (nSPS) is 10.5. The summed E-state index contributed by atoms with van der Waals surface area (Å²) in [5.74, 6) is -0.0811. The predicted octanol–water partition coefficient (Wildman–Crippen LogP) is 3.80. The maximum atomic E-state index is 12.5. The van der Waals surface area contributed by atoms with E-state index < -0.39 is 0 Å². The molecule has 0 aliphatic carbocycles. The molecule has 1 aromatic heterocycles. The first-order valence-corrected chi connectivity index (χ1v) is 7.57. The number of aryl methyl sites for hydroxylation is 1. The standard InChI is InChI=1S/C19H19N3O/c1-14-6-3-9-18(15(14)2)19(23)21-17-8-4-7-16(12-17)13-22-11-5-10-20-22/h3-12H,13H2,1-2H3,(H,21,23). The SMILES string of the molecule is Cc1cccc(C(=O)Nc2cccc(Cn3cccn3)c2)c1C. The van der Waals surface area contributed by atoms with Crippen molar-refractivity contribution in [3.05, 3.63) is 83.2 Å². The van der Waals surface area contributed by atoms with Crippen molar-refractivity contribution in [1.82, 2.24) is 9.78 Å². The van der Waals surface area contributed by atoms with Gasteiger partial charge in [-0.3, -0.25) is 9.48 Å². The summed E-state index contributed by atoms with van der Waals surface area (Å²) in [5.41, 5.74) is 4.72. The monoisotopic (exact) mass is 305 g/mol. The maximum Gasteiger partial charge on any atom is 0.255 e. The molecular formula is C19H19N3O. The Bertz CT molecular complexity index is 822. The number of amides is 1. The molecule has 3 rings (SSSR count). The van der Waals surface area contributed by atoms with E-state index in [1.54, 1.807) is 6.20 Å². The minimum absolute atomic E-state index is 0.0811. The zero-order valence-corrected chi connectivity index (χ0v) is 13.3. The van der Waals surface area contributed by atoms with Crippen LogP contribution < -0.4 is 5.32 Å². The average Bonchev–Trinajstić information content (AvgIpc) is 3.03.